The zero-order valence-corrected chi connectivity index (χ0v) is 13.0. The van der Waals surface area contributed by atoms with Crippen molar-refractivity contribution in [3.8, 4) is 5.75 Å². The molecule has 1 heterocycles. The van der Waals surface area contributed by atoms with Crippen LogP contribution in [0.1, 0.15) is 38.7 Å². The van der Waals surface area contributed by atoms with Crippen LogP contribution in [0.15, 0.2) is 24.3 Å². The molecule has 4 nitrogen and oxygen atoms in total. The standard InChI is InChI=1S/C17H26N2O2/c1-13(3-4-14-5-7-15(20)8-6-14)19-16(21)17(2)9-11-18-12-10-17/h5-8,13,18,20H,3-4,9-12H2,1-2H3,(H,19,21). The molecule has 1 saturated heterocycles. The van der Waals surface area contributed by atoms with Crippen molar-refractivity contribution in [1.82, 2.24) is 10.6 Å². The van der Waals surface area contributed by atoms with Gasteiger partial charge in [-0.15, -0.1) is 0 Å². The van der Waals surface area contributed by atoms with Gasteiger partial charge in [-0.1, -0.05) is 19.1 Å². The van der Waals surface area contributed by atoms with Crippen molar-refractivity contribution in [3.05, 3.63) is 29.8 Å². The van der Waals surface area contributed by atoms with Crippen LogP contribution in [0.2, 0.25) is 0 Å². The zero-order chi connectivity index (χ0) is 15.3. The minimum absolute atomic E-state index is 0.165. The predicted molar refractivity (Wildman–Crippen MR) is 84.2 cm³/mol. The monoisotopic (exact) mass is 290 g/mol. The van der Waals surface area contributed by atoms with Crippen molar-refractivity contribution in [3.63, 3.8) is 0 Å². The van der Waals surface area contributed by atoms with Gasteiger partial charge in [0.15, 0.2) is 0 Å². The highest BCUT2D eigenvalue weighted by molar-refractivity contribution is 5.82. The van der Waals surface area contributed by atoms with Crippen molar-refractivity contribution in [2.45, 2.75) is 45.6 Å². The molecule has 0 aliphatic carbocycles. The molecule has 1 amide bonds. The lowest BCUT2D eigenvalue weighted by Crippen LogP contribution is -2.48. The Kier molecular flexibility index (Phi) is 5.23. The van der Waals surface area contributed by atoms with Crippen molar-refractivity contribution >= 4 is 5.91 Å². The van der Waals surface area contributed by atoms with E-state index in [1.54, 1.807) is 12.1 Å². The van der Waals surface area contributed by atoms with E-state index in [1.807, 2.05) is 12.1 Å². The smallest absolute Gasteiger partial charge is 0.226 e. The van der Waals surface area contributed by atoms with Gasteiger partial charge in [0.05, 0.1) is 0 Å². The summed E-state index contributed by atoms with van der Waals surface area (Å²) in [7, 11) is 0. The normalized spacial score (nSPS) is 19.0. The fraction of sp³-hybridized carbons (Fsp3) is 0.588. The van der Waals surface area contributed by atoms with Gasteiger partial charge >= 0.3 is 0 Å². The van der Waals surface area contributed by atoms with Gasteiger partial charge in [-0.25, -0.2) is 0 Å². The Morgan fingerprint density at radius 1 is 1.33 bits per heavy atom. The van der Waals surface area contributed by atoms with Crippen LogP contribution in [0.25, 0.3) is 0 Å². The molecule has 2 rings (SSSR count). The van der Waals surface area contributed by atoms with Crippen LogP contribution < -0.4 is 10.6 Å². The van der Waals surface area contributed by atoms with Crippen molar-refractivity contribution in [1.29, 1.82) is 0 Å². The maximum atomic E-state index is 12.4. The quantitative estimate of drug-likeness (QED) is 0.779. The number of hydrogen-bond acceptors (Lipinski definition) is 3. The van der Waals surface area contributed by atoms with E-state index < -0.39 is 0 Å². The summed E-state index contributed by atoms with van der Waals surface area (Å²) >= 11 is 0. The third-order valence-corrected chi connectivity index (χ3v) is 4.44. The molecule has 0 radical (unpaired) electrons. The number of hydrogen-bond donors (Lipinski definition) is 3. The molecule has 116 valence electrons. The number of aromatic hydroxyl groups is 1. The maximum Gasteiger partial charge on any atom is 0.226 e. The highest BCUT2D eigenvalue weighted by atomic mass is 16.3. The average molecular weight is 290 g/mol. The molecule has 21 heavy (non-hydrogen) atoms. The molecule has 0 aromatic heterocycles. The zero-order valence-electron chi connectivity index (χ0n) is 13.0. The second-order valence-corrected chi connectivity index (χ2v) is 6.39. The van der Waals surface area contributed by atoms with E-state index in [0.29, 0.717) is 5.75 Å². The second-order valence-electron chi connectivity index (χ2n) is 6.39. The number of phenolic OH excluding ortho intramolecular Hbond substituents is 1. The van der Waals surface area contributed by atoms with Crippen molar-refractivity contribution in [2.24, 2.45) is 5.41 Å². The number of piperidine rings is 1. The van der Waals surface area contributed by atoms with Gasteiger partial charge in [-0.3, -0.25) is 4.79 Å². The lowest BCUT2D eigenvalue weighted by atomic mass is 9.80. The molecule has 0 bridgehead atoms. The summed E-state index contributed by atoms with van der Waals surface area (Å²) in [6.45, 7) is 5.97. The van der Waals surface area contributed by atoms with Crippen LogP contribution in [-0.4, -0.2) is 30.1 Å². The summed E-state index contributed by atoms with van der Waals surface area (Å²) in [5.74, 6) is 0.473. The molecule has 1 aliphatic heterocycles. The van der Waals surface area contributed by atoms with Crippen LogP contribution in [0, 0.1) is 5.41 Å². The lowest BCUT2D eigenvalue weighted by molar-refractivity contribution is -0.132. The van der Waals surface area contributed by atoms with E-state index in [-0.39, 0.29) is 17.4 Å². The summed E-state index contributed by atoms with van der Waals surface area (Å²) in [5.41, 5.74) is 0.958. The van der Waals surface area contributed by atoms with Gasteiger partial charge in [-0.05, 0) is 63.4 Å². The third-order valence-electron chi connectivity index (χ3n) is 4.44. The lowest BCUT2D eigenvalue weighted by Gasteiger charge is -2.33. The highest BCUT2D eigenvalue weighted by Gasteiger charge is 2.34. The molecular formula is C17H26N2O2. The fourth-order valence-corrected chi connectivity index (χ4v) is 2.72. The molecule has 3 N–H and O–H groups in total. The second kappa shape index (κ2) is 6.94. The van der Waals surface area contributed by atoms with Crippen LogP contribution in [0.4, 0.5) is 0 Å². The van der Waals surface area contributed by atoms with E-state index in [0.717, 1.165) is 38.8 Å². The SMILES string of the molecule is CC(CCc1ccc(O)cc1)NC(=O)C1(C)CCNCC1. The Hall–Kier alpha value is -1.55. The Balaban J connectivity index is 1.79. The first-order valence-electron chi connectivity index (χ1n) is 7.79. The van der Waals surface area contributed by atoms with Gasteiger partial charge in [0.25, 0.3) is 0 Å². The minimum atomic E-state index is -0.224. The number of rotatable bonds is 5. The first-order valence-corrected chi connectivity index (χ1v) is 7.79. The summed E-state index contributed by atoms with van der Waals surface area (Å²) < 4.78 is 0. The number of phenols is 1. The van der Waals surface area contributed by atoms with Gasteiger partial charge in [-0.2, -0.15) is 0 Å². The Bertz CT molecular complexity index is 464. The van der Waals surface area contributed by atoms with Gasteiger partial charge < -0.3 is 15.7 Å². The molecule has 1 unspecified atom stereocenters. The van der Waals surface area contributed by atoms with Crippen LogP contribution in [0.5, 0.6) is 5.75 Å². The molecule has 0 saturated carbocycles. The van der Waals surface area contributed by atoms with Gasteiger partial charge in [0.2, 0.25) is 5.91 Å². The fourth-order valence-electron chi connectivity index (χ4n) is 2.72. The van der Waals surface area contributed by atoms with E-state index in [1.165, 1.54) is 5.56 Å². The first-order chi connectivity index (χ1) is 9.99. The first kappa shape index (κ1) is 15.8. The van der Waals surface area contributed by atoms with E-state index >= 15 is 0 Å². The van der Waals surface area contributed by atoms with Crippen LogP contribution in [-0.2, 0) is 11.2 Å². The topological polar surface area (TPSA) is 61.4 Å². The number of carbonyl (C=O) groups is 1. The molecule has 1 atom stereocenters. The third kappa shape index (κ3) is 4.46. The summed E-state index contributed by atoms with van der Waals surface area (Å²) in [4.78, 5) is 12.4. The molecule has 1 fully saturated rings. The van der Waals surface area contributed by atoms with Gasteiger partial charge in [0, 0.05) is 11.5 Å². The van der Waals surface area contributed by atoms with Gasteiger partial charge in [0.1, 0.15) is 5.75 Å². The minimum Gasteiger partial charge on any atom is -0.508 e. The maximum absolute atomic E-state index is 12.4. The molecule has 1 aliphatic rings. The summed E-state index contributed by atoms with van der Waals surface area (Å²) in [6, 6.07) is 7.43. The van der Waals surface area contributed by atoms with Crippen LogP contribution in [0.3, 0.4) is 0 Å². The Morgan fingerprint density at radius 2 is 1.95 bits per heavy atom. The molecule has 0 spiro atoms. The molecule has 1 aromatic carbocycles. The number of nitrogens with one attached hydrogen (secondary N) is 2. The van der Waals surface area contributed by atoms with Crippen molar-refractivity contribution in [2.75, 3.05) is 13.1 Å². The Labute approximate surface area is 126 Å². The number of aryl methyl sites for hydroxylation is 1. The van der Waals surface area contributed by atoms with E-state index in [4.69, 9.17) is 0 Å². The summed E-state index contributed by atoms with van der Waals surface area (Å²) in [6.07, 6.45) is 3.62. The van der Waals surface area contributed by atoms with E-state index in [9.17, 15) is 9.90 Å². The van der Waals surface area contributed by atoms with Crippen LogP contribution >= 0.6 is 0 Å². The molecule has 1 aromatic rings. The summed E-state index contributed by atoms with van der Waals surface area (Å²) in [5, 5.41) is 15.7. The molecular weight excluding hydrogens is 264 g/mol. The largest absolute Gasteiger partial charge is 0.508 e. The number of carbonyl (C=O) groups excluding carboxylic acids is 1. The number of amides is 1. The average Bonchev–Trinajstić information content (AvgIpc) is 2.47. The highest BCUT2D eigenvalue weighted by Crippen LogP contribution is 2.28. The van der Waals surface area contributed by atoms with Crippen molar-refractivity contribution < 1.29 is 9.90 Å². The van der Waals surface area contributed by atoms with E-state index in [2.05, 4.69) is 24.5 Å². The number of benzene rings is 1. The predicted octanol–water partition coefficient (Wildman–Crippen LogP) is 2.22. The Morgan fingerprint density at radius 3 is 2.57 bits per heavy atom. The molecule has 4 heteroatoms.